The lowest BCUT2D eigenvalue weighted by atomic mass is 10.0. The van der Waals surface area contributed by atoms with Crippen LogP contribution in [0.1, 0.15) is 16.7 Å². The van der Waals surface area contributed by atoms with Crippen LogP contribution >= 0.6 is 11.6 Å². The summed E-state index contributed by atoms with van der Waals surface area (Å²) < 4.78 is 11.9. The number of alkyl halides is 1. The van der Waals surface area contributed by atoms with Gasteiger partial charge in [-0.25, -0.2) is 0 Å². The number of carbonyl (C=O) groups is 1. The molecule has 27 heavy (non-hydrogen) atoms. The summed E-state index contributed by atoms with van der Waals surface area (Å²) in [5, 5.41) is 0. The number of rotatable bonds is 3. The molecule has 0 aliphatic carbocycles. The SMILES string of the molecule is O=C1N(CN2CCc3ccccc3C2)c2ccccc2[C@]12OC[C@@H](CCl)O2. The molecule has 2 aromatic rings. The monoisotopic (exact) mass is 384 g/mol. The molecule has 0 aromatic heterocycles. The molecule has 2 aromatic carbocycles. The summed E-state index contributed by atoms with van der Waals surface area (Å²) in [6.45, 7) is 2.60. The van der Waals surface area contributed by atoms with E-state index in [9.17, 15) is 4.79 Å². The van der Waals surface area contributed by atoms with Gasteiger partial charge in [0.25, 0.3) is 11.7 Å². The van der Waals surface area contributed by atoms with Crippen LogP contribution in [0.2, 0.25) is 0 Å². The van der Waals surface area contributed by atoms with Crippen molar-refractivity contribution in [3.63, 3.8) is 0 Å². The first-order valence-corrected chi connectivity index (χ1v) is 9.83. The van der Waals surface area contributed by atoms with Crippen molar-refractivity contribution in [2.75, 3.05) is 30.6 Å². The minimum Gasteiger partial charge on any atom is -0.336 e. The zero-order valence-electron chi connectivity index (χ0n) is 14.9. The summed E-state index contributed by atoms with van der Waals surface area (Å²) in [6.07, 6.45) is 0.720. The fourth-order valence-corrected chi connectivity index (χ4v) is 4.40. The number of hydrogen-bond donors (Lipinski definition) is 0. The van der Waals surface area contributed by atoms with Gasteiger partial charge in [-0.3, -0.25) is 14.6 Å². The Morgan fingerprint density at radius 3 is 2.70 bits per heavy atom. The Morgan fingerprint density at radius 2 is 1.89 bits per heavy atom. The van der Waals surface area contributed by atoms with Crippen LogP contribution in [0.4, 0.5) is 5.69 Å². The van der Waals surface area contributed by atoms with Gasteiger partial charge in [-0.05, 0) is 23.6 Å². The van der Waals surface area contributed by atoms with Crippen molar-refractivity contribution in [1.29, 1.82) is 0 Å². The molecular weight excluding hydrogens is 364 g/mol. The van der Waals surface area contributed by atoms with E-state index in [1.165, 1.54) is 11.1 Å². The van der Waals surface area contributed by atoms with Gasteiger partial charge >= 0.3 is 0 Å². The predicted octanol–water partition coefficient (Wildman–Crippen LogP) is 2.86. The number of ether oxygens (including phenoxy) is 2. The Kier molecular flexibility index (Phi) is 4.20. The van der Waals surface area contributed by atoms with Crippen molar-refractivity contribution in [2.24, 2.45) is 0 Å². The number of fused-ring (bicyclic) bond motifs is 3. The number of hydrogen-bond acceptors (Lipinski definition) is 4. The molecule has 0 saturated carbocycles. The van der Waals surface area contributed by atoms with E-state index < -0.39 is 5.79 Å². The average Bonchev–Trinajstić information content (AvgIpc) is 3.25. The van der Waals surface area contributed by atoms with E-state index in [-0.39, 0.29) is 12.0 Å². The quantitative estimate of drug-likeness (QED) is 0.763. The van der Waals surface area contributed by atoms with Gasteiger partial charge in [-0.1, -0.05) is 42.5 Å². The van der Waals surface area contributed by atoms with E-state index >= 15 is 0 Å². The molecule has 1 amide bonds. The van der Waals surface area contributed by atoms with Crippen molar-refractivity contribution in [3.8, 4) is 0 Å². The largest absolute Gasteiger partial charge is 0.336 e. The highest BCUT2D eigenvalue weighted by atomic mass is 35.5. The maximum Gasteiger partial charge on any atom is 0.293 e. The van der Waals surface area contributed by atoms with E-state index in [4.69, 9.17) is 21.1 Å². The second-order valence-corrected chi connectivity index (χ2v) is 7.59. The summed E-state index contributed by atoms with van der Waals surface area (Å²) in [5.41, 5.74) is 4.36. The van der Waals surface area contributed by atoms with Crippen LogP contribution in [0.5, 0.6) is 0 Å². The first-order chi connectivity index (χ1) is 13.2. The number of halogens is 1. The van der Waals surface area contributed by atoms with Crippen molar-refractivity contribution in [1.82, 2.24) is 4.90 Å². The minimum absolute atomic E-state index is 0.157. The summed E-state index contributed by atoms with van der Waals surface area (Å²) in [6, 6.07) is 16.2. The lowest BCUT2D eigenvalue weighted by molar-refractivity contribution is -0.185. The number of nitrogens with zero attached hydrogens (tertiary/aromatic N) is 2. The van der Waals surface area contributed by atoms with Crippen molar-refractivity contribution in [2.45, 2.75) is 24.9 Å². The molecule has 1 saturated heterocycles. The van der Waals surface area contributed by atoms with Gasteiger partial charge in [0.05, 0.1) is 30.9 Å². The van der Waals surface area contributed by atoms with Crippen LogP contribution in [0, 0.1) is 0 Å². The van der Waals surface area contributed by atoms with Gasteiger partial charge in [0, 0.05) is 18.7 Å². The highest BCUT2D eigenvalue weighted by Crippen LogP contribution is 2.47. The second kappa shape index (κ2) is 6.60. The molecule has 1 fully saturated rings. The molecule has 1 spiro atoms. The van der Waals surface area contributed by atoms with Crippen LogP contribution in [-0.4, -0.2) is 42.6 Å². The van der Waals surface area contributed by atoms with Gasteiger partial charge in [0.2, 0.25) is 0 Å². The molecule has 3 aliphatic rings. The van der Waals surface area contributed by atoms with Gasteiger partial charge in [0.15, 0.2) is 0 Å². The molecule has 0 N–H and O–H groups in total. The Balaban J connectivity index is 1.43. The van der Waals surface area contributed by atoms with E-state index in [0.29, 0.717) is 19.2 Å². The molecule has 5 rings (SSSR count). The lowest BCUT2D eigenvalue weighted by Gasteiger charge is -2.32. The third kappa shape index (κ3) is 2.69. The molecule has 0 bridgehead atoms. The molecule has 0 unspecified atom stereocenters. The van der Waals surface area contributed by atoms with Crippen LogP contribution in [0.3, 0.4) is 0 Å². The number of para-hydroxylation sites is 1. The maximum atomic E-state index is 13.4. The Labute approximate surface area is 163 Å². The number of carbonyl (C=O) groups excluding carboxylic acids is 1. The number of amides is 1. The average molecular weight is 385 g/mol. The second-order valence-electron chi connectivity index (χ2n) is 7.28. The summed E-state index contributed by atoms with van der Waals surface area (Å²) in [7, 11) is 0. The number of anilines is 1. The van der Waals surface area contributed by atoms with Crippen LogP contribution in [0.25, 0.3) is 0 Å². The smallest absolute Gasteiger partial charge is 0.293 e. The third-order valence-electron chi connectivity index (χ3n) is 5.60. The van der Waals surface area contributed by atoms with Gasteiger partial charge in [0.1, 0.15) is 0 Å². The van der Waals surface area contributed by atoms with Gasteiger partial charge in [-0.2, -0.15) is 0 Å². The third-order valence-corrected chi connectivity index (χ3v) is 5.95. The predicted molar refractivity (Wildman–Crippen MR) is 103 cm³/mol. The van der Waals surface area contributed by atoms with E-state index in [1.807, 2.05) is 24.3 Å². The molecule has 2 atom stereocenters. The molecular formula is C21H21ClN2O3. The van der Waals surface area contributed by atoms with Crippen molar-refractivity contribution < 1.29 is 14.3 Å². The molecule has 5 nitrogen and oxygen atoms in total. The van der Waals surface area contributed by atoms with Gasteiger partial charge < -0.3 is 9.47 Å². The highest BCUT2D eigenvalue weighted by Gasteiger charge is 2.58. The minimum atomic E-state index is -1.34. The topological polar surface area (TPSA) is 42.0 Å². The first kappa shape index (κ1) is 17.2. The Hall–Kier alpha value is -1.92. The van der Waals surface area contributed by atoms with Crippen LogP contribution in [0.15, 0.2) is 48.5 Å². The normalized spacial score (nSPS) is 27.2. The first-order valence-electron chi connectivity index (χ1n) is 9.29. The Morgan fingerprint density at radius 1 is 1.11 bits per heavy atom. The zero-order chi connectivity index (χ0) is 18.4. The maximum absolute atomic E-state index is 13.4. The molecule has 6 heteroatoms. The molecule has 0 radical (unpaired) electrons. The van der Waals surface area contributed by atoms with Crippen LogP contribution in [-0.2, 0) is 33.0 Å². The van der Waals surface area contributed by atoms with Gasteiger partial charge in [-0.15, -0.1) is 11.6 Å². The molecule has 3 heterocycles. The van der Waals surface area contributed by atoms with Crippen molar-refractivity contribution >= 4 is 23.2 Å². The highest BCUT2D eigenvalue weighted by molar-refractivity contribution is 6.18. The lowest BCUT2D eigenvalue weighted by Crippen LogP contribution is -2.47. The fourth-order valence-electron chi connectivity index (χ4n) is 4.25. The van der Waals surface area contributed by atoms with Crippen molar-refractivity contribution in [3.05, 3.63) is 65.2 Å². The number of benzene rings is 2. The summed E-state index contributed by atoms with van der Waals surface area (Å²) >= 11 is 5.95. The molecule has 140 valence electrons. The Bertz CT molecular complexity index is 889. The van der Waals surface area contributed by atoms with E-state index in [1.54, 1.807) is 4.90 Å². The summed E-state index contributed by atoms with van der Waals surface area (Å²) in [4.78, 5) is 17.5. The fraction of sp³-hybridized carbons (Fsp3) is 0.381. The standard InChI is InChI=1S/C21H21ClN2O3/c22-11-17-13-26-21(27-17)18-7-3-4-8-19(18)24(20(21)25)14-23-10-9-15-5-1-2-6-16(15)12-23/h1-8,17H,9-14H2/t17-,21-/m1/s1. The van der Waals surface area contributed by atoms with Crippen LogP contribution < -0.4 is 4.90 Å². The summed E-state index contributed by atoms with van der Waals surface area (Å²) in [5.74, 6) is -1.19. The molecule has 3 aliphatic heterocycles. The zero-order valence-corrected chi connectivity index (χ0v) is 15.7. The van der Waals surface area contributed by atoms with E-state index in [0.717, 1.165) is 30.8 Å². The van der Waals surface area contributed by atoms with E-state index in [2.05, 4.69) is 29.2 Å².